The van der Waals surface area contributed by atoms with Crippen molar-refractivity contribution in [2.75, 3.05) is 0 Å². The van der Waals surface area contributed by atoms with Crippen molar-refractivity contribution in [3.05, 3.63) is 95.8 Å². The molecular formula is C21H18O2Si. The van der Waals surface area contributed by atoms with Gasteiger partial charge in [-0.25, -0.2) is 4.79 Å². The summed E-state index contributed by atoms with van der Waals surface area (Å²) in [6.45, 7) is 0. The van der Waals surface area contributed by atoms with Gasteiger partial charge in [0.25, 0.3) is 0 Å². The zero-order chi connectivity index (χ0) is 16.8. The molecule has 0 atom stereocenters. The van der Waals surface area contributed by atoms with Crippen molar-refractivity contribution < 1.29 is 9.90 Å². The third kappa shape index (κ3) is 3.70. The van der Waals surface area contributed by atoms with Crippen molar-refractivity contribution in [1.29, 1.82) is 0 Å². The molecule has 1 N–H and O–H groups in total. The molecule has 3 aromatic carbocycles. The summed E-state index contributed by atoms with van der Waals surface area (Å²) in [6, 6.07) is 21.1. The fraction of sp³-hybridized carbons (Fsp3) is 0. The van der Waals surface area contributed by atoms with Gasteiger partial charge in [-0.05, 0) is 34.0 Å². The van der Waals surface area contributed by atoms with Gasteiger partial charge in [0.15, 0.2) is 0 Å². The Bertz CT molecular complexity index is 916. The minimum atomic E-state index is -0.899. The summed E-state index contributed by atoms with van der Waals surface area (Å²) in [6.07, 6.45) is 4.23. The first kappa shape index (κ1) is 16.0. The Hall–Kier alpha value is -2.91. The summed E-state index contributed by atoms with van der Waals surface area (Å²) >= 11 is 0. The lowest BCUT2D eigenvalue weighted by Crippen LogP contribution is -1.98. The van der Waals surface area contributed by atoms with Gasteiger partial charge in [0.05, 0.1) is 15.1 Å². The largest absolute Gasteiger partial charge is 0.478 e. The van der Waals surface area contributed by atoms with Gasteiger partial charge in [-0.2, -0.15) is 0 Å². The fourth-order valence-corrected chi connectivity index (χ4v) is 3.46. The number of carbonyl (C=O) groups is 1. The molecule has 0 aromatic heterocycles. The summed E-state index contributed by atoms with van der Waals surface area (Å²) in [5, 5.41) is 11.5. The van der Waals surface area contributed by atoms with E-state index in [1.54, 1.807) is 12.1 Å². The Morgan fingerprint density at radius 1 is 0.792 bits per heavy atom. The molecule has 118 valence electrons. The lowest BCUT2D eigenvalue weighted by Gasteiger charge is -2.07. The number of carboxylic acids is 1. The number of carboxylic acid groups (broad SMARTS) is 1. The van der Waals surface area contributed by atoms with Crippen LogP contribution in [0.2, 0.25) is 0 Å². The zero-order valence-corrected chi connectivity index (χ0v) is 14.6. The van der Waals surface area contributed by atoms with E-state index in [1.165, 1.54) is 0 Å². The SMILES string of the molecule is C1=C[SiH2]C=C1.O=C(O)c1ccccc1-c1ccc2ccccc2c1. The van der Waals surface area contributed by atoms with Crippen LogP contribution in [0.4, 0.5) is 0 Å². The molecule has 0 saturated heterocycles. The molecule has 3 heteroatoms. The van der Waals surface area contributed by atoms with Gasteiger partial charge >= 0.3 is 5.97 Å². The van der Waals surface area contributed by atoms with Crippen molar-refractivity contribution in [3.8, 4) is 11.1 Å². The number of allylic oxidation sites excluding steroid dienone is 2. The molecular weight excluding hydrogens is 312 g/mol. The predicted octanol–water partition coefficient (Wildman–Crippen LogP) is 4.40. The van der Waals surface area contributed by atoms with Crippen LogP contribution in [0.25, 0.3) is 21.9 Å². The quantitative estimate of drug-likeness (QED) is 0.707. The first-order valence-electron chi connectivity index (χ1n) is 7.89. The van der Waals surface area contributed by atoms with Crippen LogP contribution in [-0.4, -0.2) is 20.6 Å². The molecule has 1 aliphatic rings. The maximum Gasteiger partial charge on any atom is 0.336 e. The molecule has 1 aliphatic heterocycles. The van der Waals surface area contributed by atoms with Crippen molar-refractivity contribution in [3.63, 3.8) is 0 Å². The average molecular weight is 330 g/mol. The second kappa shape index (κ2) is 7.57. The normalized spacial score (nSPS) is 12.0. The Labute approximate surface area is 143 Å². The second-order valence-electron chi connectivity index (χ2n) is 5.50. The maximum absolute atomic E-state index is 11.3. The smallest absolute Gasteiger partial charge is 0.336 e. The number of rotatable bonds is 2. The first-order valence-corrected chi connectivity index (χ1v) is 9.52. The maximum atomic E-state index is 11.3. The third-order valence-corrected chi connectivity index (χ3v) is 4.96. The van der Waals surface area contributed by atoms with Crippen LogP contribution >= 0.6 is 0 Å². The average Bonchev–Trinajstić information content (AvgIpc) is 3.21. The van der Waals surface area contributed by atoms with E-state index in [-0.39, 0.29) is 9.52 Å². The lowest BCUT2D eigenvalue weighted by molar-refractivity contribution is 0.0697. The highest BCUT2D eigenvalue weighted by atomic mass is 28.2. The lowest BCUT2D eigenvalue weighted by atomic mass is 9.97. The Balaban J connectivity index is 0.000000290. The first-order chi connectivity index (χ1) is 11.8. The van der Waals surface area contributed by atoms with Gasteiger partial charge < -0.3 is 5.11 Å². The molecule has 0 unspecified atom stereocenters. The van der Waals surface area contributed by atoms with Gasteiger partial charge in [0.2, 0.25) is 0 Å². The van der Waals surface area contributed by atoms with Crippen LogP contribution in [-0.2, 0) is 0 Å². The van der Waals surface area contributed by atoms with Gasteiger partial charge in [0, 0.05) is 0 Å². The van der Waals surface area contributed by atoms with Crippen molar-refractivity contribution >= 4 is 26.3 Å². The predicted molar refractivity (Wildman–Crippen MR) is 103 cm³/mol. The van der Waals surface area contributed by atoms with Gasteiger partial charge in [-0.15, -0.1) is 0 Å². The zero-order valence-electron chi connectivity index (χ0n) is 13.2. The summed E-state index contributed by atoms with van der Waals surface area (Å²) in [7, 11) is 0.182. The van der Waals surface area contributed by atoms with Crippen molar-refractivity contribution in [2.24, 2.45) is 0 Å². The highest BCUT2D eigenvalue weighted by Crippen LogP contribution is 2.27. The van der Waals surface area contributed by atoms with Crippen LogP contribution < -0.4 is 0 Å². The molecule has 0 amide bonds. The Morgan fingerprint density at radius 2 is 1.46 bits per heavy atom. The van der Waals surface area contributed by atoms with E-state index in [0.717, 1.165) is 21.9 Å². The van der Waals surface area contributed by atoms with Crippen LogP contribution in [0.5, 0.6) is 0 Å². The van der Waals surface area contributed by atoms with Crippen LogP contribution in [0.15, 0.2) is 90.3 Å². The molecule has 0 spiro atoms. The molecule has 0 aliphatic carbocycles. The molecule has 0 fully saturated rings. The summed E-state index contributed by atoms with van der Waals surface area (Å²) in [4.78, 5) is 11.3. The molecule has 3 aromatic rings. The Morgan fingerprint density at radius 3 is 2.12 bits per heavy atom. The van der Waals surface area contributed by atoms with E-state index in [1.807, 2.05) is 54.6 Å². The van der Waals surface area contributed by atoms with Crippen LogP contribution in [0, 0.1) is 0 Å². The summed E-state index contributed by atoms with van der Waals surface area (Å²) < 4.78 is 0. The highest BCUT2D eigenvalue weighted by molar-refractivity contribution is 6.49. The van der Waals surface area contributed by atoms with E-state index < -0.39 is 5.97 Å². The molecule has 0 radical (unpaired) electrons. The van der Waals surface area contributed by atoms with Crippen LogP contribution in [0.1, 0.15) is 10.4 Å². The fourth-order valence-electron chi connectivity index (χ4n) is 2.67. The van der Waals surface area contributed by atoms with E-state index >= 15 is 0 Å². The van der Waals surface area contributed by atoms with Gasteiger partial charge in [-0.3, -0.25) is 0 Å². The van der Waals surface area contributed by atoms with Crippen LogP contribution in [0.3, 0.4) is 0 Å². The number of benzene rings is 3. The van der Waals surface area contributed by atoms with Gasteiger partial charge in [0.1, 0.15) is 0 Å². The third-order valence-electron chi connectivity index (χ3n) is 3.87. The number of fused-ring (bicyclic) bond motifs is 1. The molecule has 1 heterocycles. The Kier molecular flexibility index (Phi) is 5.04. The minimum Gasteiger partial charge on any atom is -0.478 e. The minimum absolute atomic E-state index is 0.182. The summed E-state index contributed by atoms with van der Waals surface area (Å²) in [5.41, 5.74) is 6.54. The van der Waals surface area contributed by atoms with Gasteiger partial charge in [-0.1, -0.05) is 78.1 Å². The molecule has 0 bridgehead atoms. The van der Waals surface area contributed by atoms with E-state index in [0.29, 0.717) is 5.56 Å². The van der Waals surface area contributed by atoms with Crippen molar-refractivity contribution in [1.82, 2.24) is 0 Å². The number of aromatic carboxylic acids is 1. The standard InChI is InChI=1S/C17H12O2.C4H6Si/c18-17(19)16-8-4-3-7-15(16)14-10-9-12-5-1-2-6-13(12)11-14;1-2-4-5-3-1/h1-11H,(H,18,19);1-4H,5H2. The molecule has 0 saturated carbocycles. The number of hydrogen-bond acceptors (Lipinski definition) is 1. The van der Waals surface area contributed by atoms with E-state index in [2.05, 4.69) is 23.6 Å². The molecule has 4 rings (SSSR count). The van der Waals surface area contributed by atoms with E-state index in [4.69, 9.17) is 0 Å². The monoisotopic (exact) mass is 330 g/mol. The second-order valence-corrected chi connectivity index (χ2v) is 6.92. The van der Waals surface area contributed by atoms with Crippen molar-refractivity contribution in [2.45, 2.75) is 0 Å². The number of hydrogen-bond donors (Lipinski definition) is 1. The molecule has 2 nitrogen and oxygen atoms in total. The highest BCUT2D eigenvalue weighted by Gasteiger charge is 2.10. The van der Waals surface area contributed by atoms with E-state index in [9.17, 15) is 9.90 Å². The summed E-state index contributed by atoms with van der Waals surface area (Å²) in [5.74, 6) is -0.899. The topological polar surface area (TPSA) is 37.3 Å². The molecule has 24 heavy (non-hydrogen) atoms.